The number of benzene rings is 1. The highest BCUT2D eigenvalue weighted by atomic mass is 79.9. The minimum Gasteiger partial charge on any atom is -0.463 e. The van der Waals surface area contributed by atoms with Crippen LogP contribution in [0.1, 0.15) is 51.5 Å². The van der Waals surface area contributed by atoms with E-state index in [2.05, 4.69) is 20.9 Å². The van der Waals surface area contributed by atoms with Crippen molar-refractivity contribution in [2.75, 3.05) is 20.0 Å². The van der Waals surface area contributed by atoms with Crippen LogP contribution in [0, 0.1) is 5.92 Å². The fourth-order valence-electron chi connectivity index (χ4n) is 4.33. The summed E-state index contributed by atoms with van der Waals surface area (Å²) in [5, 5.41) is 0. The van der Waals surface area contributed by atoms with E-state index in [0.29, 0.717) is 35.8 Å². The molecule has 0 amide bonds. The number of nitrogens with zero attached hydrogens (tertiary/aromatic N) is 1. The van der Waals surface area contributed by atoms with Gasteiger partial charge in [0.05, 0.1) is 12.7 Å². The van der Waals surface area contributed by atoms with Gasteiger partial charge in [0.2, 0.25) is 6.79 Å². The van der Waals surface area contributed by atoms with E-state index in [0.717, 1.165) is 28.6 Å². The molecule has 0 saturated heterocycles. The third kappa shape index (κ3) is 4.41. The minimum atomic E-state index is -0.698. The van der Waals surface area contributed by atoms with Gasteiger partial charge in [-0.15, -0.1) is 0 Å². The first-order valence-corrected chi connectivity index (χ1v) is 11.3. The molecule has 0 bridgehead atoms. The van der Waals surface area contributed by atoms with Crippen molar-refractivity contribution in [2.24, 2.45) is 10.9 Å². The Morgan fingerprint density at radius 1 is 1.23 bits per heavy atom. The third-order valence-corrected chi connectivity index (χ3v) is 6.38. The average Bonchev–Trinajstić information content (AvgIpc) is 3.16. The number of hydrogen-bond acceptors (Lipinski definition) is 7. The molecule has 0 fully saturated rings. The highest BCUT2D eigenvalue weighted by molar-refractivity contribution is 9.10. The predicted molar refractivity (Wildman–Crippen MR) is 118 cm³/mol. The van der Waals surface area contributed by atoms with Crippen LogP contribution in [0.3, 0.4) is 0 Å². The van der Waals surface area contributed by atoms with Gasteiger partial charge in [0.15, 0.2) is 17.3 Å². The van der Waals surface area contributed by atoms with Crippen LogP contribution >= 0.6 is 15.9 Å². The number of ether oxygens (including phenoxy) is 4. The number of aliphatic imine (C=N–C) groups is 1. The van der Waals surface area contributed by atoms with Gasteiger partial charge in [0, 0.05) is 33.8 Å². The van der Waals surface area contributed by atoms with Crippen molar-refractivity contribution < 1.29 is 28.5 Å². The van der Waals surface area contributed by atoms with Gasteiger partial charge in [-0.3, -0.25) is 14.6 Å². The van der Waals surface area contributed by atoms with Gasteiger partial charge in [0.1, 0.15) is 12.5 Å². The number of allylic oxidation sites excluding steroid dienone is 2. The van der Waals surface area contributed by atoms with Gasteiger partial charge >= 0.3 is 5.97 Å². The van der Waals surface area contributed by atoms with Crippen LogP contribution in [0.5, 0.6) is 11.5 Å². The van der Waals surface area contributed by atoms with Gasteiger partial charge in [-0.1, -0.05) is 15.9 Å². The lowest BCUT2D eigenvalue weighted by Crippen LogP contribution is -2.37. The Bertz CT molecular complexity index is 967. The van der Waals surface area contributed by atoms with E-state index in [1.807, 2.05) is 32.9 Å². The van der Waals surface area contributed by atoms with Crippen molar-refractivity contribution in [3.63, 3.8) is 0 Å². The van der Waals surface area contributed by atoms with E-state index in [1.54, 1.807) is 0 Å². The molecule has 1 aliphatic carbocycles. The Kier molecular flexibility index (Phi) is 6.48. The molecule has 2 heterocycles. The van der Waals surface area contributed by atoms with Crippen molar-refractivity contribution in [3.05, 3.63) is 33.4 Å². The van der Waals surface area contributed by atoms with Crippen molar-refractivity contribution in [1.29, 1.82) is 0 Å². The number of Topliss-reactive ketones (excluding diaryl/α,β-unsaturated/α-hetero) is 1. The van der Waals surface area contributed by atoms with E-state index >= 15 is 0 Å². The Balaban J connectivity index is 1.72. The molecule has 0 N–H and O–H groups in total. The lowest BCUT2D eigenvalue weighted by atomic mass is 9.71. The Hall–Kier alpha value is -2.19. The van der Waals surface area contributed by atoms with E-state index < -0.39 is 17.8 Å². The molecule has 1 aromatic carbocycles. The van der Waals surface area contributed by atoms with Gasteiger partial charge in [-0.2, -0.15) is 0 Å². The zero-order valence-electron chi connectivity index (χ0n) is 17.9. The molecule has 0 aromatic heterocycles. The number of carbonyl (C=O) groups excluding carboxylic acids is 2. The molecule has 0 saturated carbocycles. The first-order chi connectivity index (χ1) is 14.9. The number of carbonyl (C=O) groups is 2. The number of hydrogen-bond donors (Lipinski definition) is 0. The Labute approximate surface area is 189 Å². The van der Waals surface area contributed by atoms with Crippen LogP contribution in [-0.4, -0.2) is 43.6 Å². The highest BCUT2D eigenvalue weighted by Gasteiger charge is 2.44. The lowest BCUT2D eigenvalue weighted by molar-refractivity contribution is -0.148. The number of fused-ring (bicyclic) bond motifs is 1. The number of ketones is 1. The normalized spacial score (nSPS) is 22.5. The van der Waals surface area contributed by atoms with Crippen LogP contribution in [-0.2, 0) is 19.1 Å². The average molecular weight is 492 g/mol. The first kappa shape index (κ1) is 22.0. The molecular weight excluding hydrogens is 466 g/mol. The molecular formula is C23H26BrNO6. The summed E-state index contributed by atoms with van der Waals surface area (Å²) in [5.41, 5.74) is 2.83. The number of esters is 1. The Morgan fingerprint density at radius 2 is 1.97 bits per heavy atom. The molecule has 2 atom stereocenters. The van der Waals surface area contributed by atoms with E-state index in [-0.39, 0.29) is 25.3 Å². The quantitative estimate of drug-likeness (QED) is 0.435. The molecule has 0 radical (unpaired) electrons. The summed E-state index contributed by atoms with van der Waals surface area (Å²) in [5.74, 6) is -0.340. The monoisotopic (exact) mass is 491 g/mol. The molecule has 1 aromatic rings. The molecule has 0 spiro atoms. The van der Waals surface area contributed by atoms with Crippen molar-refractivity contribution in [3.8, 4) is 11.5 Å². The molecule has 4 rings (SSSR count). The van der Waals surface area contributed by atoms with Crippen LogP contribution < -0.4 is 9.47 Å². The van der Waals surface area contributed by atoms with Crippen LogP contribution in [0.25, 0.3) is 0 Å². The fraction of sp³-hybridized carbons (Fsp3) is 0.522. The molecule has 1 unspecified atom stereocenters. The Morgan fingerprint density at radius 3 is 2.71 bits per heavy atom. The zero-order valence-corrected chi connectivity index (χ0v) is 19.5. The van der Waals surface area contributed by atoms with Crippen molar-refractivity contribution in [1.82, 2.24) is 0 Å². The standard InChI is InChI=1S/C23H26BrNO6/c1-12(2)28-7-8-29-23(27)20-13(3)25-16-5-4-6-17(26)22(16)21(20)14-9-18-19(10-15(14)24)31-11-30-18/h9-10,12,20-21H,4-8,11H2,1-3H3/t20?,21-/m1/s1. The van der Waals surface area contributed by atoms with Gasteiger partial charge in [-0.25, -0.2) is 0 Å². The SMILES string of the molecule is CC1=NC2=C(C(=O)CCC2)[C@H](c2cc3c(cc2Br)OCO3)C1C(=O)OCCOC(C)C. The third-order valence-electron chi connectivity index (χ3n) is 5.69. The van der Waals surface area contributed by atoms with Gasteiger partial charge in [-0.05, 0) is 51.3 Å². The van der Waals surface area contributed by atoms with Crippen molar-refractivity contribution >= 4 is 33.4 Å². The minimum absolute atomic E-state index is 0.0352. The summed E-state index contributed by atoms with van der Waals surface area (Å²) in [6, 6.07) is 3.68. The topological polar surface area (TPSA) is 83.4 Å². The number of rotatable bonds is 6. The highest BCUT2D eigenvalue weighted by Crippen LogP contribution is 2.48. The summed E-state index contributed by atoms with van der Waals surface area (Å²) < 4.78 is 22.8. The van der Waals surface area contributed by atoms with Gasteiger partial charge < -0.3 is 18.9 Å². The zero-order chi connectivity index (χ0) is 22.1. The van der Waals surface area contributed by atoms with Crippen LogP contribution in [0.15, 0.2) is 32.9 Å². The second-order valence-electron chi connectivity index (χ2n) is 8.16. The smallest absolute Gasteiger partial charge is 0.315 e. The first-order valence-electron chi connectivity index (χ1n) is 10.6. The molecule has 8 heteroatoms. The maximum atomic E-state index is 13.2. The van der Waals surface area contributed by atoms with Crippen molar-refractivity contribution in [2.45, 2.75) is 52.1 Å². The van der Waals surface area contributed by atoms with Crippen LogP contribution in [0.2, 0.25) is 0 Å². The summed E-state index contributed by atoms with van der Waals surface area (Å²) in [4.78, 5) is 30.9. The molecule has 3 aliphatic rings. The van der Waals surface area contributed by atoms with E-state index in [4.69, 9.17) is 18.9 Å². The molecule has 166 valence electrons. The summed E-state index contributed by atoms with van der Waals surface area (Å²) in [6.45, 7) is 6.29. The second kappa shape index (κ2) is 9.12. The summed E-state index contributed by atoms with van der Waals surface area (Å²) in [7, 11) is 0. The molecule has 31 heavy (non-hydrogen) atoms. The largest absolute Gasteiger partial charge is 0.463 e. The van der Waals surface area contributed by atoms with Crippen LogP contribution in [0.4, 0.5) is 0 Å². The maximum Gasteiger partial charge on any atom is 0.315 e. The lowest BCUT2D eigenvalue weighted by Gasteiger charge is -2.35. The number of halogens is 1. The molecule has 2 aliphatic heterocycles. The summed E-state index contributed by atoms with van der Waals surface area (Å²) in [6.07, 6.45) is 2.00. The fourth-order valence-corrected chi connectivity index (χ4v) is 4.90. The predicted octanol–water partition coefficient (Wildman–Crippen LogP) is 4.33. The van der Waals surface area contributed by atoms with E-state index in [1.165, 1.54) is 0 Å². The maximum absolute atomic E-state index is 13.2. The van der Waals surface area contributed by atoms with E-state index in [9.17, 15) is 9.59 Å². The van der Waals surface area contributed by atoms with Gasteiger partial charge in [0.25, 0.3) is 0 Å². The second-order valence-corrected chi connectivity index (χ2v) is 9.01. The summed E-state index contributed by atoms with van der Waals surface area (Å²) >= 11 is 3.62. The molecule has 7 nitrogen and oxygen atoms in total.